The molecule has 0 aliphatic carbocycles. The molecule has 0 saturated carbocycles. The van der Waals surface area contributed by atoms with E-state index in [0.717, 1.165) is 5.56 Å². The van der Waals surface area contributed by atoms with Crippen molar-refractivity contribution < 1.29 is 13.2 Å². The number of nitrogens with one attached hydrogen (secondary N) is 1. The average molecular weight is 384 g/mol. The van der Waals surface area contributed by atoms with E-state index in [0.29, 0.717) is 32.5 Å². The van der Waals surface area contributed by atoms with E-state index in [1.807, 2.05) is 34.6 Å². The fourth-order valence-electron chi connectivity index (χ4n) is 3.03. The van der Waals surface area contributed by atoms with Gasteiger partial charge in [0.05, 0.1) is 16.4 Å². The summed E-state index contributed by atoms with van der Waals surface area (Å²) in [5, 5.41) is 3.01. The number of nitrogens with two attached hydrogens (primary N) is 1. The highest BCUT2D eigenvalue weighted by Gasteiger charge is 2.34. The average Bonchev–Trinajstić information content (AvgIpc) is 2.64. The van der Waals surface area contributed by atoms with Crippen molar-refractivity contribution >= 4 is 15.9 Å². The largest absolute Gasteiger partial charge is 0.349 e. The highest BCUT2D eigenvalue weighted by molar-refractivity contribution is 7.89. The zero-order valence-electron chi connectivity index (χ0n) is 16.6. The summed E-state index contributed by atoms with van der Waals surface area (Å²) in [6.07, 6.45) is 1.36. The van der Waals surface area contributed by atoms with Crippen molar-refractivity contribution in [3.8, 4) is 0 Å². The molecule has 1 unspecified atom stereocenters. The maximum absolute atomic E-state index is 12.6. The lowest BCUT2D eigenvalue weighted by atomic mass is 9.81. The van der Waals surface area contributed by atoms with Crippen molar-refractivity contribution in [2.45, 2.75) is 58.4 Å². The normalized spacial score (nSPS) is 13.7. The number of sulfonamides is 1. The molecule has 6 nitrogen and oxygen atoms in total. The van der Waals surface area contributed by atoms with Gasteiger partial charge in [0, 0.05) is 19.6 Å². The second-order valence-electron chi connectivity index (χ2n) is 6.55. The van der Waals surface area contributed by atoms with E-state index in [4.69, 9.17) is 5.73 Å². The van der Waals surface area contributed by atoms with E-state index < -0.39 is 15.4 Å². The Morgan fingerprint density at radius 1 is 1.12 bits per heavy atom. The molecule has 148 valence electrons. The molecule has 0 bridgehead atoms. The van der Waals surface area contributed by atoms with Gasteiger partial charge in [0.25, 0.3) is 0 Å². The summed E-state index contributed by atoms with van der Waals surface area (Å²) in [7, 11) is -3.47. The van der Waals surface area contributed by atoms with Gasteiger partial charge in [-0.1, -0.05) is 39.8 Å². The maximum atomic E-state index is 12.6. The van der Waals surface area contributed by atoms with Gasteiger partial charge < -0.3 is 11.1 Å². The van der Waals surface area contributed by atoms with Gasteiger partial charge in [-0.25, -0.2) is 8.42 Å². The number of benzene rings is 1. The lowest BCUT2D eigenvalue weighted by molar-refractivity contribution is -0.131. The van der Waals surface area contributed by atoms with Crippen LogP contribution in [0.15, 0.2) is 29.2 Å². The number of amides is 1. The van der Waals surface area contributed by atoms with Crippen molar-refractivity contribution in [2.75, 3.05) is 19.6 Å². The molecular weight excluding hydrogens is 350 g/mol. The van der Waals surface area contributed by atoms with Gasteiger partial charge in [-0.2, -0.15) is 4.31 Å². The summed E-state index contributed by atoms with van der Waals surface area (Å²) in [6.45, 7) is 10.6. The molecule has 0 saturated heterocycles. The maximum Gasteiger partial charge on any atom is 0.243 e. The minimum atomic E-state index is -3.47. The number of hydrogen-bond donors (Lipinski definition) is 2. The highest BCUT2D eigenvalue weighted by atomic mass is 32.2. The van der Waals surface area contributed by atoms with Crippen molar-refractivity contribution in [1.82, 2.24) is 9.62 Å². The summed E-state index contributed by atoms with van der Waals surface area (Å²) in [5.41, 5.74) is 6.14. The van der Waals surface area contributed by atoms with E-state index in [2.05, 4.69) is 5.32 Å². The number of hydrogen-bond acceptors (Lipinski definition) is 4. The van der Waals surface area contributed by atoms with Crippen molar-refractivity contribution in [2.24, 2.45) is 11.1 Å². The molecule has 0 aliphatic rings. The summed E-state index contributed by atoms with van der Waals surface area (Å²) in [4.78, 5) is 12.9. The number of nitrogens with zero attached hydrogens (tertiary/aromatic N) is 1. The first-order valence-corrected chi connectivity index (χ1v) is 10.8. The lowest BCUT2D eigenvalue weighted by Crippen LogP contribution is -2.46. The van der Waals surface area contributed by atoms with Crippen LogP contribution in [0.2, 0.25) is 0 Å². The van der Waals surface area contributed by atoms with Gasteiger partial charge in [0.2, 0.25) is 15.9 Å². The van der Waals surface area contributed by atoms with Crippen LogP contribution < -0.4 is 11.1 Å². The quantitative estimate of drug-likeness (QED) is 0.650. The molecule has 0 fully saturated rings. The zero-order valence-corrected chi connectivity index (χ0v) is 17.4. The third-order valence-corrected chi connectivity index (χ3v) is 7.36. The Balaban J connectivity index is 2.97. The molecule has 0 heterocycles. The Morgan fingerprint density at radius 2 is 1.62 bits per heavy atom. The van der Waals surface area contributed by atoms with Gasteiger partial charge in [0.15, 0.2) is 0 Å². The second-order valence-corrected chi connectivity index (χ2v) is 8.48. The second kappa shape index (κ2) is 9.48. The molecule has 0 radical (unpaired) electrons. The summed E-state index contributed by atoms with van der Waals surface area (Å²) in [5.74, 6) is -0.0580. The molecule has 1 aromatic rings. The fourth-order valence-corrected chi connectivity index (χ4v) is 4.48. The molecule has 0 spiro atoms. The Morgan fingerprint density at radius 3 is 2.00 bits per heavy atom. The number of carbonyl (C=O) groups excluding carboxylic acids is 1. The Kier molecular flexibility index (Phi) is 8.24. The van der Waals surface area contributed by atoms with Crippen LogP contribution in [0.4, 0.5) is 0 Å². The minimum absolute atomic E-state index is 0.0580. The van der Waals surface area contributed by atoms with Crippen LogP contribution in [-0.2, 0) is 14.8 Å². The molecule has 1 atom stereocenters. The van der Waals surface area contributed by atoms with Crippen molar-refractivity contribution in [3.63, 3.8) is 0 Å². The smallest absolute Gasteiger partial charge is 0.243 e. The van der Waals surface area contributed by atoms with Crippen LogP contribution in [-0.4, -0.2) is 38.3 Å². The van der Waals surface area contributed by atoms with Crippen LogP contribution in [0.1, 0.15) is 59.1 Å². The summed E-state index contributed by atoms with van der Waals surface area (Å²) >= 11 is 0. The number of carbonyl (C=O) groups is 1. The van der Waals surface area contributed by atoms with Crippen LogP contribution in [0.25, 0.3) is 0 Å². The monoisotopic (exact) mass is 383 g/mol. The highest BCUT2D eigenvalue weighted by Crippen LogP contribution is 2.27. The van der Waals surface area contributed by atoms with Gasteiger partial charge in [-0.3, -0.25) is 4.79 Å². The molecule has 1 amide bonds. The molecule has 1 rings (SSSR count). The molecule has 0 aliphatic heterocycles. The Hall–Kier alpha value is -1.44. The zero-order chi connectivity index (χ0) is 20.0. The first-order valence-electron chi connectivity index (χ1n) is 9.33. The van der Waals surface area contributed by atoms with Crippen LogP contribution in [0.5, 0.6) is 0 Å². The first kappa shape index (κ1) is 22.6. The Bertz CT molecular complexity index is 670. The summed E-state index contributed by atoms with van der Waals surface area (Å²) in [6, 6.07) is 6.48. The van der Waals surface area contributed by atoms with Gasteiger partial charge >= 0.3 is 0 Å². The van der Waals surface area contributed by atoms with Gasteiger partial charge in [0.1, 0.15) is 0 Å². The first-order chi connectivity index (χ1) is 12.2. The van der Waals surface area contributed by atoms with Crippen molar-refractivity contribution in [3.05, 3.63) is 29.8 Å². The SMILES string of the molecule is CCN(CC)S(=O)(=O)c1ccc(C(C)NC(=O)C(CC)(CC)CN)cc1. The topological polar surface area (TPSA) is 92.5 Å². The van der Waals surface area contributed by atoms with Crippen LogP contribution in [0.3, 0.4) is 0 Å². The third kappa shape index (κ3) is 4.64. The van der Waals surface area contributed by atoms with E-state index in [1.54, 1.807) is 24.3 Å². The van der Waals surface area contributed by atoms with Gasteiger partial charge in [-0.05, 0) is 37.5 Å². The Labute approximate surface area is 158 Å². The van der Waals surface area contributed by atoms with E-state index in [1.165, 1.54) is 4.31 Å². The van der Waals surface area contributed by atoms with Crippen molar-refractivity contribution in [1.29, 1.82) is 0 Å². The molecule has 26 heavy (non-hydrogen) atoms. The van der Waals surface area contributed by atoms with E-state index in [9.17, 15) is 13.2 Å². The van der Waals surface area contributed by atoms with Gasteiger partial charge in [-0.15, -0.1) is 0 Å². The predicted molar refractivity (Wildman–Crippen MR) is 105 cm³/mol. The van der Waals surface area contributed by atoms with Crippen LogP contribution >= 0.6 is 0 Å². The van der Waals surface area contributed by atoms with Crippen LogP contribution in [0, 0.1) is 5.41 Å². The third-order valence-electron chi connectivity index (χ3n) is 5.30. The van der Waals surface area contributed by atoms with E-state index in [-0.39, 0.29) is 16.8 Å². The predicted octanol–water partition coefficient (Wildman–Crippen LogP) is 2.66. The molecule has 3 N–H and O–H groups in total. The summed E-state index contributed by atoms with van der Waals surface area (Å²) < 4.78 is 26.5. The standard InChI is InChI=1S/C19H33N3O3S/c1-6-19(7-2,14-20)18(23)21-15(5)16-10-12-17(13-11-16)26(24,25)22(8-3)9-4/h10-13,15H,6-9,14,20H2,1-5H3,(H,21,23). The molecular formula is C19H33N3O3S. The molecule has 7 heteroatoms. The number of rotatable bonds is 10. The fraction of sp³-hybridized carbons (Fsp3) is 0.632. The molecule has 0 aromatic heterocycles. The molecule has 1 aromatic carbocycles. The lowest BCUT2D eigenvalue weighted by Gasteiger charge is -2.30. The minimum Gasteiger partial charge on any atom is -0.349 e. The van der Waals surface area contributed by atoms with E-state index >= 15 is 0 Å².